The number of Topliss-reactive ketones (excluding diaryl/α,β-unsaturated/α-hetero) is 1. The maximum atomic E-state index is 12.1. The molecule has 0 saturated heterocycles. The van der Waals surface area contributed by atoms with Crippen molar-refractivity contribution < 1.29 is 4.79 Å². The second kappa shape index (κ2) is 5.64. The number of imidazole rings is 1. The van der Waals surface area contributed by atoms with Crippen LogP contribution in [0.5, 0.6) is 0 Å². The van der Waals surface area contributed by atoms with E-state index >= 15 is 0 Å². The van der Waals surface area contributed by atoms with E-state index in [1.54, 1.807) is 17.1 Å². The molecule has 0 unspecified atom stereocenters. The lowest BCUT2D eigenvalue weighted by atomic mass is 10.0. The quantitative estimate of drug-likeness (QED) is 0.715. The maximum Gasteiger partial charge on any atom is 0.179 e. The molecule has 0 saturated carbocycles. The molecule has 0 atom stereocenters. The van der Waals surface area contributed by atoms with Crippen molar-refractivity contribution >= 4 is 11.5 Å². The Morgan fingerprint density at radius 3 is 2.50 bits per heavy atom. The van der Waals surface area contributed by atoms with Gasteiger partial charge in [-0.3, -0.25) is 4.79 Å². The van der Waals surface area contributed by atoms with Crippen LogP contribution in [0.4, 0.5) is 0 Å². The summed E-state index contributed by atoms with van der Waals surface area (Å²) in [5.74, 6) is 0.918. The molecule has 0 aliphatic rings. The summed E-state index contributed by atoms with van der Waals surface area (Å²) in [5, 5.41) is 0. The Bertz CT molecular complexity index is 361. The Morgan fingerprint density at radius 2 is 2.06 bits per heavy atom. The average molecular weight is 220 g/mol. The van der Waals surface area contributed by atoms with Gasteiger partial charge in [-0.15, -0.1) is 0 Å². The Balaban J connectivity index is 2.93. The first-order chi connectivity index (χ1) is 7.50. The molecule has 3 nitrogen and oxygen atoms in total. The number of allylic oxidation sites excluding steroid dienone is 2. The fourth-order valence-corrected chi connectivity index (χ4v) is 1.52. The molecule has 0 radical (unpaired) electrons. The van der Waals surface area contributed by atoms with Crippen LogP contribution in [0, 0.1) is 11.8 Å². The van der Waals surface area contributed by atoms with Gasteiger partial charge in [-0.2, -0.15) is 0 Å². The van der Waals surface area contributed by atoms with Crippen LogP contribution in [0.1, 0.15) is 34.1 Å². The van der Waals surface area contributed by atoms with Gasteiger partial charge >= 0.3 is 0 Å². The summed E-state index contributed by atoms with van der Waals surface area (Å²) in [4.78, 5) is 16.1. The molecule has 0 aromatic carbocycles. The minimum atomic E-state index is 0.182. The van der Waals surface area contributed by atoms with Crippen LogP contribution in [-0.2, 0) is 4.79 Å². The topological polar surface area (TPSA) is 34.9 Å². The number of hydrogen-bond donors (Lipinski definition) is 0. The predicted molar refractivity (Wildman–Crippen MR) is 65.8 cm³/mol. The molecule has 0 N–H and O–H groups in total. The fourth-order valence-electron chi connectivity index (χ4n) is 1.52. The normalized spacial score (nSPS) is 12.5. The highest BCUT2D eigenvalue weighted by Gasteiger charge is 2.13. The van der Waals surface area contributed by atoms with E-state index < -0.39 is 0 Å². The maximum absolute atomic E-state index is 12.1. The summed E-state index contributed by atoms with van der Waals surface area (Å²) >= 11 is 0. The number of aromatic nitrogens is 2. The summed E-state index contributed by atoms with van der Waals surface area (Å²) in [6, 6.07) is 0. The molecule has 16 heavy (non-hydrogen) atoms. The van der Waals surface area contributed by atoms with Crippen LogP contribution >= 0.6 is 0 Å². The number of carbonyl (C=O) groups is 1. The minimum absolute atomic E-state index is 0.182. The summed E-state index contributed by atoms with van der Waals surface area (Å²) in [6.45, 7) is 8.25. The van der Waals surface area contributed by atoms with Gasteiger partial charge in [-0.1, -0.05) is 33.8 Å². The monoisotopic (exact) mass is 220 g/mol. The zero-order valence-corrected chi connectivity index (χ0v) is 10.5. The van der Waals surface area contributed by atoms with Gasteiger partial charge in [0, 0.05) is 18.8 Å². The Hall–Kier alpha value is -1.38. The Kier molecular flexibility index (Phi) is 4.47. The second-order valence-corrected chi connectivity index (χ2v) is 4.79. The van der Waals surface area contributed by atoms with Crippen LogP contribution in [0.15, 0.2) is 24.8 Å². The van der Waals surface area contributed by atoms with Crippen molar-refractivity contribution in [1.82, 2.24) is 9.55 Å². The van der Waals surface area contributed by atoms with Gasteiger partial charge in [0.15, 0.2) is 5.78 Å². The van der Waals surface area contributed by atoms with Crippen molar-refractivity contribution in [2.45, 2.75) is 34.1 Å². The van der Waals surface area contributed by atoms with Gasteiger partial charge in [0.2, 0.25) is 0 Å². The highest BCUT2D eigenvalue weighted by molar-refractivity contribution is 6.14. The van der Waals surface area contributed by atoms with E-state index in [4.69, 9.17) is 0 Å². The molecule has 3 heteroatoms. The van der Waals surface area contributed by atoms with E-state index in [0.717, 1.165) is 5.70 Å². The molecule has 1 rings (SSSR count). The van der Waals surface area contributed by atoms with Gasteiger partial charge < -0.3 is 4.57 Å². The van der Waals surface area contributed by atoms with E-state index in [9.17, 15) is 4.79 Å². The molecule has 88 valence electrons. The highest BCUT2D eigenvalue weighted by atomic mass is 16.1. The van der Waals surface area contributed by atoms with Gasteiger partial charge in [0.1, 0.15) is 0 Å². The SMILES string of the molecule is CC(C)C=C(C(=O)CC(C)C)n1ccnc1. The van der Waals surface area contributed by atoms with Crippen molar-refractivity contribution in [2.75, 3.05) is 0 Å². The van der Waals surface area contributed by atoms with E-state index in [0.29, 0.717) is 18.3 Å². The number of nitrogens with zero attached hydrogens (tertiary/aromatic N) is 2. The van der Waals surface area contributed by atoms with Gasteiger partial charge in [-0.05, 0) is 11.8 Å². The van der Waals surface area contributed by atoms with E-state index in [-0.39, 0.29) is 5.78 Å². The predicted octanol–water partition coefficient (Wildman–Crippen LogP) is 3.00. The first-order valence-corrected chi connectivity index (χ1v) is 5.74. The third-order valence-corrected chi connectivity index (χ3v) is 2.15. The summed E-state index contributed by atoms with van der Waals surface area (Å²) in [5.41, 5.74) is 0.737. The molecule has 0 aliphatic heterocycles. The summed E-state index contributed by atoms with van der Waals surface area (Å²) < 4.78 is 1.80. The Morgan fingerprint density at radius 1 is 1.38 bits per heavy atom. The zero-order chi connectivity index (χ0) is 12.1. The average Bonchev–Trinajstić information content (AvgIpc) is 2.64. The molecule has 0 amide bonds. The summed E-state index contributed by atoms with van der Waals surface area (Å²) in [7, 11) is 0. The van der Waals surface area contributed by atoms with Crippen LogP contribution in [0.3, 0.4) is 0 Å². The van der Waals surface area contributed by atoms with Crippen LogP contribution < -0.4 is 0 Å². The third-order valence-electron chi connectivity index (χ3n) is 2.15. The lowest BCUT2D eigenvalue weighted by Gasteiger charge is -2.10. The lowest BCUT2D eigenvalue weighted by Crippen LogP contribution is -2.11. The molecular formula is C13H20N2O. The van der Waals surface area contributed by atoms with Crippen molar-refractivity contribution in [2.24, 2.45) is 11.8 Å². The van der Waals surface area contributed by atoms with E-state index in [1.807, 2.05) is 12.3 Å². The van der Waals surface area contributed by atoms with Crippen LogP contribution in [-0.4, -0.2) is 15.3 Å². The zero-order valence-electron chi connectivity index (χ0n) is 10.5. The standard InChI is InChI=1S/C13H20N2O/c1-10(2)7-12(13(16)8-11(3)4)15-6-5-14-9-15/h5-7,9-11H,8H2,1-4H3. The highest BCUT2D eigenvalue weighted by Crippen LogP contribution is 2.14. The van der Waals surface area contributed by atoms with Gasteiger partial charge in [-0.25, -0.2) is 4.98 Å². The Labute approximate surface area is 97.2 Å². The molecular weight excluding hydrogens is 200 g/mol. The lowest BCUT2D eigenvalue weighted by molar-refractivity contribution is -0.114. The minimum Gasteiger partial charge on any atom is -0.303 e. The summed E-state index contributed by atoms with van der Waals surface area (Å²) in [6.07, 6.45) is 7.75. The van der Waals surface area contributed by atoms with Crippen molar-refractivity contribution in [3.63, 3.8) is 0 Å². The molecule has 0 aliphatic carbocycles. The first-order valence-electron chi connectivity index (χ1n) is 5.74. The molecule has 0 bridgehead atoms. The van der Waals surface area contributed by atoms with Gasteiger partial charge in [0.25, 0.3) is 0 Å². The second-order valence-electron chi connectivity index (χ2n) is 4.79. The number of rotatable bonds is 5. The van der Waals surface area contributed by atoms with Crippen molar-refractivity contribution in [3.05, 3.63) is 24.8 Å². The van der Waals surface area contributed by atoms with E-state index in [1.165, 1.54) is 0 Å². The number of hydrogen-bond acceptors (Lipinski definition) is 2. The van der Waals surface area contributed by atoms with Crippen molar-refractivity contribution in [3.8, 4) is 0 Å². The van der Waals surface area contributed by atoms with Crippen molar-refractivity contribution in [1.29, 1.82) is 0 Å². The largest absolute Gasteiger partial charge is 0.303 e. The number of carbonyl (C=O) groups excluding carboxylic acids is 1. The molecule has 0 spiro atoms. The molecule has 1 heterocycles. The molecule has 0 fully saturated rings. The van der Waals surface area contributed by atoms with Crippen LogP contribution in [0.2, 0.25) is 0 Å². The first kappa shape index (κ1) is 12.7. The van der Waals surface area contributed by atoms with E-state index in [2.05, 4.69) is 32.7 Å². The fraction of sp³-hybridized carbons (Fsp3) is 0.538. The third kappa shape index (κ3) is 3.65. The molecule has 1 aromatic heterocycles. The number of ketones is 1. The molecule has 1 aromatic rings. The van der Waals surface area contributed by atoms with Gasteiger partial charge in [0.05, 0.1) is 12.0 Å². The van der Waals surface area contributed by atoms with Crippen LogP contribution in [0.25, 0.3) is 5.70 Å². The smallest absolute Gasteiger partial charge is 0.179 e.